The maximum absolute atomic E-state index is 12.1. The van der Waals surface area contributed by atoms with Crippen LogP contribution in [-0.4, -0.2) is 28.3 Å². The van der Waals surface area contributed by atoms with E-state index in [2.05, 4.69) is 5.32 Å². The molecule has 3 N–H and O–H groups in total. The summed E-state index contributed by atoms with van der Waals surface area (Å²) in [6, 6.07) is 4.75. The molecule has 0 saturated heterocycles. The Labute approximate surface area is 120 Å². The summed E-state index contributed by atoms with van der Waals surface area (Å²) in [6.07, 6.45) is 3.08. The number of hydrogen-bond donors (Lipinski definition) is 3. The van der Waals surface area contributed by atoms with Gasteiger partial charge in [0.2, 0.25) is 0 Å². The highest BCUT2D eigenvalue weighted by molar-refractivity contribution is 5.94. The Balaban J connectivity index is 2.70. The fourth-order valence-electron chi connectivity index (χ4n) is 2.47. The summed E-state index contributed by atoms with van der Waals surface area (Å²) in [6.45, 7) is 6.09. The molecule has 0 radical (unpaired) electrons. The second kappa shape index (κ2) is 7.29. The normalized spacial score (nSPS) is 11.4. The van der Waals surface area contributed by atoms with Crippen molar-refractivity contribution < 1.29 is 15.0 Å². The van der Waals surface area contributed by atoms with Crippen molar-refractivity contribution in [3.8, 4) is 5.75 Å². The van der Waals surface area contributed by atoms with E-state index >= 15 is 0 Å². The number of phenols is 1. The van der Waals surface area contributed by atoms with Crippen molar-refractivity contribution in [1.82, 2.24) is 5.32 Å². The van der Waals surface area contributed by atoms with Crippen LogP contribution < -0.4 is 5.32 Å². The summed E-state index contributed by atoms with van der Waals surface area (Å²) in [5, 5.41) is 22.7. The lowest BCUT2D eigenvalue weighted by molar-refractivity contribution is 0.0213. The van der Waals surface area contributed by atoms with Gasteiger partial charge in [-0.15, -0.1) is 0 Å². The molecule has 4 nitrogen and oxygen atoms in total. The van der Waals surface area contributed by atoms with E-state index in [1.54, 1.807) is 12.1 Å². The van der Waals surface area contributed by atoms with E-state index < -0.39 is 5.60 Å². The number of aromatic hydroxyl groups is 1. The van der Waals surface area contributed by atoms with Gasteiger partial charge >= 0.3 is 0 Å². The molecule has 0 aliphatic carbocycles. The second-order valence-electron chi connectivity index (χ2n) is 5.46. The van der Waals surface area contributed by atoms with E-state index in [0.29, 0.717) is 18.4 Å². The number of hydrogen-bond acceptors (Lipinski definition) is 3. The number of rotatable bonds is 7. The predicted molar refractivity (Wildman–Crippen MR) is 79.9 cm³/mol. The van der Waals surface area contributed by atoms with Crippen molar-refractivity contribution >= 4 is 5.91 Å². The van der Waals surface area contributed by atoms with Gasteiger partial charge in [0.1, 0.15) is 5.75 Å². The molecule has 0 fully saturated rings. The summed E-state index contributed by atoms with van der Waals surface area (Å²) in [5.41, 5.74) is 0.399. The number of aliphatic hydroxyl groups is 1. The SMILES string of the molecule is CCCC(O)(CCC)CNC(=O)c1cc(C)cc(O)c1. The minimum absolute atomic E-state index is 0.0764. The summed E-state index contributed by atoms with van der Waals surface area (Å²) in [5.74, 6) is -0.192. The number of nitrogens with one attached hydrogen (secondary N) is 1. The Bertz CT molecular complexity index is 431. The van der Waals surface area contributed by atoms with Gasteiger partial charge in [0, 0.05) is 12.1 Å². The van der Waals surface area contributed by atoms with Gasteiger partial charge in [0.25, 0.3) is 5.91 Å². The fourth-order valence-corrected chi connectivity index (χ4v) is 2.47. The molecule has 1 aromatic carbocycles. The number of phenolic OH excluding ortho intramolecular Hbond substituents is 1. The molecule has 0 bridgehead atoms. The summed E-state index contributed by atoms with van der Waals surface area (Å²) in [4.78, 5) is 12.1. The minimum atomic E-state index is -0.842. The molecule has 0 atom stereocenters. The van der Waals surface area contributed by atoms with E-state index in [0.717, 1.165) is 18.4 Å². The highest BCUT2D eigenvalue weighted by Crippen LogP contribution is 2.19. The van der Waals surface area contributed by atoms with Gasteiger partial charge < -0.3 is 15.5 Å². The molecule has 0 saturated carbocycles. The van der Waals surface area contributed by atoms with E-state index in [9.17, 15) is 15.0 Å². The first-order valence-electron chi connectivity index (χ1n) is 7.21. The highest BCUT2D eigenvalue weighted by atomic mass is 16.3. The number of benzene rings is 1. The van der Waals surface area contributed by atoms with Gasteiger partial charge in [-0.1, -0.05) is 26.7 Å². The largest absolute Gasteiger partial charge is 0.508 e. The lowest BCUT2D eigenvalue weighted by Gasteiger charge is -2.27. The first-order chi connectivity index (χ1) is 9.40. The smallest absolute Gasteiger partial charge is 0.251 e. The van der Waals surface area contributed by atoms with Crippen LogP contribution in [-0.2, 0) is 0 Å². The van der Waals surface area contributed by atoms with Crippen molar-refractivity contribution in [2.75, 3.05) is 6.54 Å². The monoisotopic (exact) mass is 279 g/mol. The van der Waals surface area contributed by atoms with E-state index in [1.165, 1.54) is 6.07 Å². The fraction of sp³-hybridized carbons (Fsp3) is 0.562. The zero-order valence-corrected chi connectivity index (χ0v) is 12.6. The van der Waals surface area contributed by atoms with E-state index in [1.807, 2.05) is 20.8 Å². The Hall–Kier alpha value is -1.55. The lowest BCUT2D eigenvalue weighted by Crippen LogP contribution is -2.42. The topological polar surface area (TPSA) is 69.6 Å². The first-order valence-corrected chi connectivity index (χ1v) is 7.21. The minimum Gasteiger partial charge on any atom is -0.508 e. The highest BCUT2D eigenvalue weighted by Gasteiger charge is 2.25. The zero-order valence-electron chi connectivity index (χ0n) is 12.6. The van der Waals surface area contributed by atoms with Gasteiger partial charge in [-0.2, -0.15) is 0 Å². The number of carbonyl (C=O) groups is 1. The molecular formula is C16H25NO3. The zero-order chi connectivity index (χ0) is 15.2. The van der Waals surface area contributed by atoms with Crippen molar-refractivity contribution in [3.63, 3.8) is 0 Å². The molecule has 1 amide bonds. The van der Waals surface area contributed by atoms with Crippen LogP contribution >= 0.6 is 0 Å². The third-order valence-corrected chi connectivity index (χ3v) is 3.33. The Morgan fingerprint density at radius 3 is 2.30 bits per heavy atom. The Morgan fingerprint density at radius 1 is 1.20 bits per heavy atom. The summed E-state index contributed by atoms with van der Waals surface area (Å²) in [7, 11) is 0. The van der Waals surface area contributed by atoms with Crippen LogP contribution in [0.1, 0.15) is 55.5 Å². The van der Waals surface area contributed by atoms with Crippen LogP contribution in [0.25, 0.3) is 0 Å². The molecule has 20 heavy (non-hydrogen) atoms. The van der Waals surface area contributed by atoms with Crippen LogP contribution in [0.5, 0.6) is 5.75 Å². The lowest BCUT2D eigenvalue weighted by atomic mass is 9.92. The molecule has 0 unspecified atom stereocenters. The quantitative estimate of drug-likeness (QED) is 0.719. The molecule has 112 valence electrons. The number of aryl methyl sites for hydroxylation is 1. The third kappa shape index (κ3) is 4.85. The molecule has 0 aliphatic rings. The van der Waals surface area contributed by atoms with Crippen LogP contribution in [0, 0.1) is 6.92 Å². The van der Waals surface area contributed by atoms with Crippen molar-refractivity contribution in [1.29, 1.82) is 0 Å². The molecule has 1 aromatic rings. The average molecular weight is 279 g/mol. The van der Waals surface area contributed by atoms with Gasteiger partial charge in [-0.05, 0) is 43.5 Å². The molecule has 4 heteroatoms. The Morgan fingerprint density at radius 2 is 1.80 bits per heavy atom. The molecule has 0 spiro atoms. The van der Waals surface area contributed by atoms with Gasteiger partial charge in [-0.25, -0.2) is 0 Å². The summed E-state index contributed by atoms with van der Waals surface area (Å²) < 4.78 is 0. The standard InChI is InChI=1S/C16H25NO3/c1-4-6-16(20,7-5-2)11-17-15(19)13-8-12(3)9-14(18)10-13/h8-10,18,20H,4-7,11H2,1-3H3,(H,17,19). The maximum atomic E-state index is 12.1. The predicted octanol–water partition coefficient (Wildman–Crippen LogP) is 2.76. The van der Waals surface area contributed by atoms with Crippen LogP contribution in [0.15, 0.2) is 18.2 Å². The van der Waals surface area contributed by atoms with Crippen molar-refractivity contribution in [3.05, 3.63) is 29.3 Å². The van der Waals surface area contributed by atoms with Crippen LogP contribution in [0.2, 0.25) is 0 Å². The molecule has 0 aliphatic heterocycles. The molecule has 1 rings (SSSR count). The number of amides is 1. The van der Waals surface area contributed by atoms with Crippen molar-refractivity contribution in [2.45, 2.75) is 52.1 Å². The van der Waals surface area contributed by atoms with E-state index in [-0.39, 0.29) is 18.2 Å². The average Bonchev–Trinajstić information content (AvgIpc) is 2.35. The maximum Gasteiger partial charge on any atom is 0.251 e. The first kappa shape index (κ1) is 16.5. The third-order valence-electron chi connectivity index (χ3n) is 3.33. The van der Waals surface area contributed by atoms with Crippen molar-refractivity contribution in [2.24, 2.45) is 0 Å². The van der Waals surface area contributed by atoms with E-state index in [4.69, 9.17) is 0 Å². The second-order valence-corrected chi connectivity index (χ2v) is 5.46. The van der Waals surface area contributed by atoms with Gasteiger partial charge in [-0.3, -0.25) is 4.79 Å². The number of carbonyl (C=O) groups excluding carboxylic acids is 1. The molecule has 0 aromatic heterocycles. The van der Waals surface area contributed by atoms with Gasteiger partial charge in [0.05, 0.1) is 5.60 Å². The Kier molecular flexibility index (Phi) is 6.02. The molecule has 0 heterocycles. The van der Waals surface area contributed by atoms with Crippen LogP contribution in [0.3, 0.4) is 0 Å². The van der Waals surface area contributed by atoms with Crippen LogP contribution in [0.4, 0.5) is 0 Å². The van der Waals surface area contributed by atoms with Gasteiger partial charge in [0.15, 0.2) is 0 Å². The summed E-state index contributed by atoms with van der Waals surface area (Å²) >= 11 is 0. The molecular weight excluding hydrogens is 254 g/mol.